The Morgan fingerprint density at radius 2 is 1.91 bits per heavy atom. The third-order valence-electron chi connectivity index (χ3n) is 5.55. The van der Waals surface area contributed by atoms with E-state index in [0.29, 0.717) is 18.3 Å². The molecule has 0 saturated heterocycles. The van der Waals surface area contributed by atoms with Gasteiger partial charge < -0.3 is 9.84 Å². The van der Waals surface area contributed by atoms with Crippen LogP contribution < -0.4 is 5.32 Å². The number of aryl methyl sites for hydroxylation is 1. The Balaban J connectivity index is 1.60. The van der Waals surface area contributed by atoms with Crippen LogP contribution in [0.25, 0.3) is 16.3 Å². The molecule has 0 spiro atoms. The van der Waals surface area contributed by atoms with Crippen molar-refractivity contribution >= 4 is 22.9 Å². The van der Waals surface area contributed by atoms with Crippen LogP contribution in [-0.4, -0.2) is 21.1 Å². The number of allylic oxidation sites excluding steroid dienone is 1. The van der Waals surface area contributed by atoms with Crippen LogP contribution >= 0.6 is 11.3 Å². The third-order valence-corrected chi connectivity index (χ3v) is 6.42. The monoisotopic (exact) mass is 442 g/mol. The summed E-state index contributed by atoms with van der Waals surface area (Å²) in [4.78, 5) is 20.5. The van der Waals surface area contributed by atoms with Crippen LogP contribution in [-0.2, 0) is 6.54 Å². The van der Waals surface area contributed by atoms with E-state index in [0.717, 1.165) is 32.8 Å². The van der Waals surface area contributed by atoms with Gasteiger partial charge in [0.2, 0.25) is 5.82 Å². The fraction of sp³-hybridized carbons (Fsp3) is 0.160. The van der Waals surface area contributed by atoms with Gasteiger partial charge in [-0.15, -0.1) is 11.3 Å². The van der Waals surface area contributed by atoms with Crippen LogP contribution in [0.2, 0.25) is 0 Å². The van der Waals surface area contributed by atoms with Crippen molar-refractivity contribution in [3.63, 3.8) is 0 Å². The fourth-order valence-corrected chi connectivity index (χ4v) is 4.63. The molecular weight excluding hydrogens is 420 g/mol. The smallest absolute Gasteiger partial charge is 0.322 e. The molecule has 0 fully saturated rings. The average molecular weight is 443 g/mol. The molecule has 6 nitrogen and oxygen atoms in total. The summed E-state index contributed by atoms with van der Waals surface area (Å²) >= 11 is 1.56. The van der Waals surface area contributed by atoms with Gasteiger partial charge in [0.1, 0.15) is 0 Å². The Bertz CT molecular complexity index is 1280. The zero-order chi connectivity index (χ0) is 22.1. The summed E-state index contributed by atoms with van der Waals surface area (Å²) in [6, 6.07) is 21.4. The van der Waals surface area contributed by atoms with Crippen LogP contribution in [0, 0.1) is 6.92 Å². The van der Waals surface area contributed by atoms with Crippen molar-refractivity contribution in [2.45, 2.75) is 26.4 Å². The molecule has 1 aliphatic rings. The first kappa shape index (κ1) is 20.2. The van der Waals surface area contributed by atoms with E-state index in [9.17, 15) is 4.79 Å². The normalized spacial score (nSPS) is 16.4. The molecule has 1 aliphatic heterocycles. The van der Waals surface area contributed by atoms with E-state index in [1.54, 1.807) is 16.2 Å². The van der Waals surface area contributed by atoms with Crippen molar-refractivity contribution in [2.24, 2.45) is 0 Å². The lowest BCUT2D eigenvalue weighted by Gasteiger charge is -2.35. The second kappa shape index (κ2) is 8.43. The molecule has 0 aliphatic carbocycles. The standard InChI is InChI=1S/C25H22N4O2S/c1-16-8-6-9-18(14-16)15-29-17(2)21(22(26-25(29)30)19-10-4-3-5-11-19)24-27-23(28-31-24)20-12-7-13-32-20/h3-14,22H,15H2,1-2H3,(H,26,30). The molecule has 2 aromatic heterocycles. The van der Waals surface area contributed by atoms with Gasteiger partial charge in [0.15, 0.2) is 0 Å². The van der Waals surface area contributed by atoms with Crippen LogP contribution in [0.5, 0.6) is 0 Å². The largest absolute Gasteiger partial charge is 0.334 e. The van der Waals surface area contributed by atoms with Crippen LogP contribution in [0.4, 0.5) is 4.79 Å². The number of urea groups is 1. The molecule has 160 valence electrons. The molecule has 0 saturated carbocycles. The highest BCUT2D eigenvalue weighted by Crippen LogP contribution is 2.38. The first-order valence-electron chi connectivity index (χ1n) is 10.4. The van der Waals surface area contributed by atoms with Crippen molar-refractivity contribution in [2.75, 3.05) is 0 Å². The molecule has 1 atom stereocenters. The highest BCUT2D eigenvalue weighted by Gasteiger charge is 2.35. The summed E-state index contributed by atoms with van der Waals surface area (Å²) in [5.41, 5.74) is 4.77. The van der Waals surface area contributed by atoms with E-state index < -0.39 is 0 Å². The Labute approximate surface area is 190 Å². The van der Waals surface area contributed by atoms with E-state index in [4.69, 9.17) is 4.52 Å². The Morgan fingerprint density at radius 3 is 2.66 bits per heavy atom. The van der Waals surface area contributed by atoms with E-state index >= 15 is 0 Å². The van der Waals surface area contributed by atoms with Crippen molar-refractivity contribution in [1.82, 2.24) is 20.4 Å². The molecule has 7 heteroatoms. The van der Waals surface area contributed by atoms with Gasteiger partial charge in [-0.1, -0.05) is 71.4 Å². The van der Waals surface area contributed by atoms with Gasteiger partial charge in [0.05, 0.1) is 23.0 Å². The van der Waals surface area contributed by atoms with Gasteiger partial charge in [-0.2, -0.15) is 4.98 Å². The van der Waals surface area contributed by atoms with E-state index in [1.165, 1.54) is 0 Å². The number of hydrogen-bond acceptors (Lipinski definition) is 5. The van der Waals surface area contributed by atoms with E-state index in [1.807, 2.05) is 79.9 Å². The average Bonchev–Trinajstić information content (AvgIpc) is 3.49. The number of aromatic nitrogens is 2. The lowest BCUT2D eigenvalue weighted by molar-refractivity contribution is 0.203. The first-order valence-corrected chi connectivity index (χ1v) is 11.3. The maximum absolute atomic E-state index is 13.2. The van der Waals surface area contributed by atoms with Gasteiger partial charge in [-0.25, -0.2) is 4.79 Å². The zero-order valence-corrected chi connectivity index (χ0v) is 18.6. The highest BCUT2D eigenvalue weighted by atomic mass is 32.1. The lowest BCUT2D eigenvalue weighted by atomic mass is 9.94. The predicted octanol–water partition coefficient (Wildman–Crippen LogP) is 5.80. The van der Waals surface area contributed by atoms with Crippen LogP contribution in [0.15, 0.2) is 82.3 Å². The molecule has 1 N–H and O–H groups in total. The minimum Gasteiger partial charge on any atom is -0.334 e. The number of benzene rings is 2. The summed E-state index contributed by atoms with van der Waals surface area (Å²) in [6.45, 7) is 4.44. The number of nitrogens with one attached hydrogen (secondary N) is 1. The molecule has 2 aromatic carbocycles. The van der Waals surface area contributed by atoms with Gasteiger partial charge >= 0.3 is 6.03 Å². The lowest BCUT2D eigenvalue weighted by Crippen LogP contribution is -2.45. The quantitative estimate of drug-likeness (QED) is 0.424. The minimum atomic E-state index is -0.380. The predicted molar refractivity (Wildman–Crippen MR) is 125 cm³/mol. The Hall–Kier alpha value is -3.71. The number of carbonyl (C=O) groups excluding carboxylic acids is 1. The van der Waals surface area contributed by atoms with Crippen LogP contribution in [0.1, 0.15) is 35.5 Å². The Kier molecular flexibility index (Phi) is 5.33. The maximum Gasteiger partial charge on any atom is 0.322 e. The second-order valence-electron chi connectivity index (χ2n) is 7.77. The SMILES string of the molecule is CC1=C(c2nc(-c3cccs3)no2)C(c2ccccc2)NC(=O)N1Cc1cccc(C)c1. The summed E-state index contributed by atoms with van der Waals surface area (Å²) in [5, 5.41) is 9.32. The number of rotatable bonds is 5. The van der Waals surface area contributed by atoms with Crippen LogP contribution in [0.3, 0.4) is 0 Å². The fourth-order valence-electron chi connectivity index (χ4n) is 3.98. The number of amides is 2. The summed E-state index contributed by atoms with van der Waals surface area (Å²) in [5.74, 6) is 0.957. The van der Waals surface area contributed by atoms with E-state index in [2.05, 4.69) is 21.5 Å². The molecule has 3 heterocycles. The van der Waals surface area contributed by atoms with Gasteiger partial charge in [0.25, 0.3) is 5.89 Å². The van der Waals surface area contributed by atoms with Crippen molar-refractivity contribution in [3.05, 3.63) is 100 Å². The highest BCUT2D eigenvalue weighted by molar-refractivity contribution is 7.13. The van der Waals surface area contributed by atoms with Gasteiger partial charge in [-0.05, 0) is 36.4 Å². The van der Waals surface area contributed by atoms with Crippen molar-refractivity contribution < 1.29 is 9.32 Å². The van der Waals surface area contributed by atoms with Gasteiger partial charge in [0, 0.05) is 5.70 Å². The van der Waals surface area contributed by atoms with E-state index in [-0.39, 0.29) is 12.1 Å². The zero-order valence-electron chi connectivity index (χ0n) is 17.8. The molecule has 5 rings (SSSR count). The molecule has 2 amide bonds. The summed E-state index contributed by atoms with van der Waals surface area (Å²) in [6.07, 6.45) is 0. The minimum absolute atomic E-state index is 0.153. The second-order valence-corrected chi connectivity index (χ2v) is 8.72. The maximum atomic E-state index is 13.2. The molecule has 32 heavy (non-hydrogen) atoms. The molecule has 4 aromatic rings. The first-order chi connectivity index (χ1) is 15.6. The van der Waals surface area contributed by atoms with Gasteiger partial charge in [-0.3, -0.25) is 4.90 Å². The third kappa shape index (κ3) is 3.83. The molecule has 0 radical (unpaired) electrons. The number of hydrogen-bond donors (Lipinski definition) is 1. The molecule has 0 bridgehead atoms. The summed E-state index contributed by atoms with van der Waals surface area (Å²) in [7, 11) is 0. The molecule has 1 unspecified atom stereocenters. The number of nitrogens with zero attached hydrogens (tertiary/aromatic N) is 3. The number of carbonyl (C=O) groups is 1. The molecular formula is C25H22N4O2S. The summed E-state index contributed by atoms with van der Waals surface area (Å²) < 4.78 is 5.71. The topological polar surface area (TPSA) is 71.3 Å². The van der Waals surface area contributed by atoms with Crippen molar-refractivity contribution in [3.8, 4) is 10.7 Å². The number of thiophene rings is 1. The Morgan fingerprint density at radius 1 is 1.06 bits per heavy atom. The van der Waals surface area contributed by atoms with Crippen molar-refractivity contribution in [1.29, 1.82) is 0 Å².